The molecule has 2 rings (SSSR count). The van der Waals surface area contributed by atoms with Gasteiger partial charge in [-0.3, -0.25) is 0 Å². The van der Waals surface area contributed by atoms with Gasteiger partial charge in [-0.15, -0.1) is 0 Å². The first-order valence-electron chi connectivity index (χ1n) is 3.53. The van der Waals surface area contributed by atoms with Crippen molar-refractivity contribution in [2.24, 2.45) is 0 Å². The monoisotopic (exact) mass is 148 g/mol. The van der Waals surface area contributed by atoms with Crippen molar-refractivity contribution in [3.63, 3.8) is 0 Å². The van der Waals surface area contributed by atoms with Crippen LogP contribution in [0.4, 0.5) is 0 Å². The molecule has 2 nitrogen and oxygen atoms in total. The Hall–Kier alpha value is -1.20. The van der Waals surface area contributed by atoms with Crippen molar-refractivity contribution in [2.75, 3.05) is 6.61 Å². The van der Waals surface area contributed by atoms with Gasteiger partial charge in [0.25, 0.3) is 0 Å². The third-order valence-corrected chi connectivity index (χ3v) is 1.51. The predicted molar refractivity (Wildman–Crippen MR) is 39.2 cm³/mol. The molecule has 2 heteroatoms. The normalized spacial score (nSPS) is 20.6. The van der Waals surface area contributed by atoms with Gasteiger partial charge in [0.1, 0.15) is 6.61 Å². The summed E-state index contributed by atoms with van der Waals surface area (Å²) in [6, 6.07) is 9.46. The van der Waals surface area contributed by atoms with Gasteiger partial charge in [-0.25, -0.2) is 0 Å². The second-order valence-electron chi connectivity index (χ2n) is 2.50. The second-order valence-corrected chi connectivity index (χ2v) is 2.50. The zero-order valence-corrected chi connectivity index (χ0v) is 6.26. The number of hydrogen-bond acceptors (Lipinski definition) is 2. The summed E-state index contributed by atoms with van der Waals surface area (Å²) in [5, 5.41) is 0. The molecule has 0 aromatic heterocycles. The van der Waals surface area contributed by atoms with E-state index < -0.39 is 0 Å². The van der Waals surface area contributed by atoms with Gasteiger partial charge in [0.2, 0.25) is 6.29 Å². The van der Waals surface area contributed by atoms with Crippen LogP contribution in [0, 0.1) is 19.1 Å². The molecule has 56 valence electrons. The zero-order valence-electron chi connectivity index (χ0n) is 6.26. The van der Waals surface area contributed by atoms with Gasteiger partial charge >= 0.3 is 0 Å². The van der Waals surface area contributed by atoms with E-state index in [0.717, 1.165) is 11.3 Å². The third-order valence-electron chi connectivity index (χ3n) is 1.51. The summed E-state index contributed by atoms with van der Waals surface area (Å²) in [4.78, 5) is 0. The topological polar surface area (TPSA) is 21.8 Å². The van der Waals surface area contributed by atoms with Crippen molar-refractivity contribution < 1.29 is 9.47 Å². The van der Waals surface area contributed by atoms with Crippen LogP contribution in [0.5, 0.6) is 5.75 Å². The van der Waals surface area contributed by atoms with Crippen LogP contribution in [0.1, 0.15) is 5.56 Å². The maximum absolute atomic E-state index is 5.35. The van der Waals surface area contributed by atoms with Crippen molar-refractivity contribution in [3.8, 4) is 5.75 Å². The zero-order chi connectivity index (χ0) is 7.68. The Labute approximate surface area is 65.7 Å². The summed E-state index contributed by atoms with van der Waals surface area (Å²) in [5.41, 5.74) is 1.07. The lowest BCUT2D eigenvalue weighted by Gasteiger charge is -2.00. The van der Waals surface area contributed by atoms with E-state index in [9.17, 15) is 0 Å². The summed E-state index contributed by atoms with van der Waals surface area (Å²) in [6.07, 6.45) is -0.0410. The molecule has 1 unspecified atom stereocenters. The molecule has 1 fully saturated rings. The van der Waals surface area contributed by atoms with Crippen molar-refractivity contribution in [1.29, 1.82) is 0 Å². The minimum atomic E-state index is -0.0410. The van der Waals surface area contributed by atoms with Crippen LogP contribution in [-0.2, 0) is 4.74 Å². The molecule has 0 spiro atoms. The highest BCUT2D eigenvalue weighted by Crippen LogP contribution is 2.19. The van der Waals surface area contributed by atoms with Gasteiger partial charge < -0.3 is 9.47 Å². The lowest BCUT2D eigenvalue weighted by atomic mass is 10.2. The Morgan fingerprint density at radius 1 is 1.73 bits per heavy atom. The van der Waals surface area contributed by atoms with E-state index in [4.69, 9.17) is 9.47 Å². The van der Waals surface area contributed by atoms with E-state index in [1.165, 1.54) is 0 Å². The Morgan fingerprint density at radius 2 is 2.55 bits per heavy atom. The van der Waals surface area contributed by atoms with E-state index in [0.29, 0.717) is 6.61 Å². The number of hydrogen-bond donors (Lipinski definition) is 0. The first-order valence-corrected chi connectivity index (χ1v) is 3.53. The molecule has 1 aliphatic rings. The highest BCUT2D eigenvalue weighted by molar-refractivity contribution is 5.27. The molecular weight excluding hydrogens is 140 g/mol. The van der Waals surface area contributed by atoms with Crippen LogP contribution in [0.2, 0.25) is 0 Å². The first kappa shape index (κ1) is 6.51. The fraction of sp³-hybridized carbons (Fsp3) is 0.333. The van der Waals surface area contributed by atoms with Crippen LogP contribution in [-0.4, -0.2) is 12.9 Å². The minimum absolute atomic E-state index is 0.0410. The largest absolute Gasteiger partial charge is 0.454 e. The standard InChI is InChI=1S/C9H8O2/c1-7-4-2-3-5-8(7)11-9-6-10-9/h2,4,9H,6H2,1H3. The fourth-order valence-corrected chi connectivity index (χ4v) is 0.809. The van der Waals surface area contributed by atoms with Crippen LogP contribution in [0.25, 0.3) is 0 Å². The van der Waals surface area contributed by atoms with E-state index in [-0.39, 0.29) is 6.29 Å². The Balaban J connectivity index is 2.15. The average Bonchev–Trinajstić information content (AvgIpc) is 2.78. The van der Waals surface area contributed by atoms with Gasteiger partial charge in [0, 0.05) is 5.56 Å². The molecular formula is C9H8O2. The maximum atomic E-state index is 5.35. The molecule has 0 radical (unpaired) electrons. The summed E-state index contributed by atoms with van der Waals surface area (Å²) in [6.45, 7) is 2.67. The molecule has 11 heavy (non-hydrogen) atoms. The molecule has 1 aromatic rings. The van der Waals surface area contributed by atoms with Crippen LogP contribution >= 0.6 is 0 Å². The molecule has 1 atom stereocenters. The number of epoxide rings is 1. The van der Waals surface area contributed by atoms with Crippen LogP contribution in [0.15, 0.2) is 12.1 Å². The molecule has 0 N–H and O–H groups in total. The van der Waals surface area contributed by atoms with Crippen molar-refractivity contribution in [3.05, 3.63) is 29.8 Å². The van der Waals surface area contributed by atoms with E-state index >= 15 is 0 Å². The molecule has 0 amide bonds. The Morgan fingerprint density at radius 3 is 3.18 bits per heavy atom. The van der Waals surface area contributed by atoms with Gasteiger partial charge in [0.05, 0.1) is 0 Å². The van der Waals surface area contributed by atoms with Gasteiger partial charge in [-0.05, 0) is 25.1 Å². The molecule has 0 saturated carbocycles. The van der Waals surface area contributed by atoms with E-state index in [1.807, 2.05) is 19.1 Å². The Bertz CT molecular complexity index is 253. The fourth-order valence-electron chi connectivity index (χ4n) is 0.809. The number of ether oxygens (including phenoxy) is 2. The molecule has 0 bridgehead atoms. The molecule has 1 aliphatic heterocycles. The lowest BCUT2D eigenvalue weighted by molar-refractivity contribution is 0.178. The smallest absolute Gasteiger partial charge is 0.224 e. The molecule has 1 aromatic carbocycles. The molecule has 0 aliphatic carbocycles. The second kappa shape index (κ2) is 2.44. The van der Waals surface area contributed by atoms with E-state index in [2.05, 4.69) is 12.1 Å². The van der Waals surface area contributed by atoms with Gasteiger partial charge in [-0.1, -0.05) is 6.07 Å². The number of rotatable bonds is 2. The number of aryl methyl sites for hydroxylation is 1. The quantitative estimate of drug-likeness (QED) is 0.590. The highest BCUT2D eigenvalue weighted by atomic mass is 16.8. The highest BCUT2D eigenvalue weighted by Gasteiger charge is 2.25. The third kappa shape index (κ3) is 1.44. The van der Waals surface area contributed by atoms with E-state index in [1.54, 1.807) is 0 Å². The minimum Gasteiger partial charge on any atom is -0.454 e. The van der Waals surface area contributed by atoms with Gasteiger partial charge in [-0.2, -0.15) is 0 Å². The summed E-state index contributed by atoms with van der Waals surface area (Å²) in [7, 11) is 0. The SMILES string of the molecule is Cc1ccc#cc1OC1CO1. The molecule has 1 saturated heterocycles. The van der Waals surface area contributed by atoms with Crippen molar-refractivity contribution >= 4 is 0 Å². The first-order chi connectivity index (χ1) is 5.36. The Kier molecular flexibility index (Phi) is 1.45. The maximum Gasteiger partial charge on any atom is 0.224 e. The van der Waals surface area contributed by atoms with Crippen molar-refractivity contribution in [1.82, 2.24) is 0 Å². The summed E-state index contributed by atoms with van der Waals surface area (Å²) >= 11 is 0. The van der Waals surface area contributed by atoms with Crippen LogP contribution in [0.3, 0.4) is 0 Å². The summed E-state index contributed by atoms with van der Waals surface area (Å²) < 4.78 is 10.3. The molecule has 1 heterocycles. The summed E-state index contributed by atoms with van der Waals surface area (Å²) in [5.74, 6) is 0.745. The van der Waals surface area contributed by atoms with Gasteiger partial charge in [0.15, 0.2) is 5.75 Å². The lowest BCUT2D eigenvalue weighted by Crippen LogP contribution is -1.98. The predicted octanol–water partition coefficient (Wildman–Crippen LogP) is 1.33. The average molecular weight is 148 g/mol. The van der Waals surface area contributed by atoms with Crippen LogP contribution < -0.4 is 4.74 Å². The van der Waals surface area contributed by atoms with Crippen molar-refractivity contribution in [2.45, 2.75) is 13.2 Å².